The van der Waals surface area contributed by atoms with Crippen LogP contribution in [-0.4, -0.2) is 5.78 Å². The molecule has 2 unspecified atom stereocenters. The van der Waals surface area contributed by atoms with E-state index in [2.05, 4.69) is 20.8 Å². The molecule has 0 amide bonds. The second-order valence-electron chi connectivity index (χ2n) is 6.05. The van der Waals surface area contributed by atoms with E-state index < -0.39 is 11.7 Å². The highest BCUT2D eigenvalue weighted by atomic mass is 19.1. The minimum atomic E-state index is -0.875. The Hall–Kier alpha value is -1.69. The highest BCUT2D eigenvalue weighted by Gasteiger charge is 2.27. The molecule has 0 N–H and O–H groups in total. The van der Waals surface area contributed by atoms with Crippen molar-refractivity contribution >= 4 is 5.78 Å². The molecule has 0 saturated carbocycles. The number of Topliss-reactive ketones (excluding diaryl/α,β-unsaturated/α-hetero) is 1. The van der Waals surface area contributed by atoms with Gasteiger partial charge in [-0.15, -0.1) is 0 Å². The summed E-state index contributed by atoms with van der Waals surface area (Å²) in [5.41, 5.74) is 0.450. The molecule has 2 nitrogen and oxygen atoms in total. The number of carbonyl (C=O) groups excluding carboxylic acids is 1. The number of nitrogens with zero attached hydrogens (tertiary/aromatic N) is 1. The third-order valence-corrected chi connectivity index (χ3v) is 3.62. The number of nitriles is 1. The Morgan fingerprint density at radius 3 is 2.53 bits per heavy atom. The predicted octanol–water partition coefficient (Wildman–Crippen LogP) is 4.07. The van der Waals surface area contributed by atoms with E-state index in [1.807, 2.05) is 13.0 Å². The molecule has 0 fully saturated rings. The minimum Gasteiger partial charge on any atom is -0.298 e. The molecule has 19 heavy (non-hydrogen) atoms. The highest BCUT2D eigenvalue weighted by molar-refractivity contribution is 5.88. The molecular weight excluding hydrogens is 241 g/mol. The second-order valence-corrected chi connectivity index (χ2v) is 6.05. The average molecular weight is 261 g/mol. The van der Waals surface area contributed by atoms with Gasteiger partial charge < -0.3 is 0 Å². The summed E-state index contributed by atoms with van der Waals surface area (Å²) in [5.74, 6) is -1.27. The number of halogens is 1. The Labute approximate surface area is 114 Å². The first-order chi connectivity index (χ1) is 8.75. The zero-order valence-corrected chi connectivity index (χ0v) is 11.9. The lowest BCUT2D eigenvalue weighted by Gasteiger charge is -2.27. The van der Waals surface area contributed by atoms with Crippen LogP contribution in [0.15, 0.2) is 24.3 Å². The molecule has 2 atom stereocenters. The molecule has 102 valence electrons. The summed E-state index contributed by atoms with van der Waals surface area (Å²) in [6.07, 6.45) is 0.332. The van der Waals surface area contributed by atoms with Crippen LogP contribution >= 0.6 is 0 Å². The van der Waals surface area contributed by atoms with Crippen LogP contribution < -0.4 is 0 Å². The Bertz CT molecular complexity index is 496. The Kier molecular flexibility index (Phi) is 4.83. The second kappa shape index (κ2) is 5.97. The van der Waals surface area contributed by atoms with Crippen LogP contribution in [0, 0.1) is 28.5 Å². The van der Waals surface area contributed by atoms with Crippen LogP contribution in [-0.2, 0) is 4.79 Å². The molecule has 0 aliphatic carbocycles. The van der Waals surface area contributed by atoms with Crippen molar-refractivity contribution in [3.05, 3.63) is 35.6 Å². The molecule has 0 heterocycles. The fourth-order valence-corrected chi connectivity index (χ4v) is 1.74. The molecule has 0 aliphatic heterocycles. The Balaban J connectivity index is 2.88. The van der Waals surface area contributed by atoms with Crippen LogP contribution in [0.1, 0.15) is 45.6 Å². The van der Waals surface area contributed by atoms with E-state index in [0.717, 1.165) is 0 Å². The van der Waals surface area contributed by atoms with E-state index in [9.17, 15) is 9.18 Å². The molecule has 1 rings (SSSR count). The van der Waals surface area contributed by atoms with Crippen molar-refractivity contribution in [2.45, 2.75) is 40.0 Å². The zero-order valence-electron chi connectivity index (χ0n) is 11.9. The number of ketones is 1. The van der Waals surface area contributed by atoms with Gasteiger partial charge >= 0.3 is 0 Å². The maximum absolute atomic E-state index is 13.2. The van der Waals surface area contributed by atoms with Gasteiger partial charge in [0.05, 0.1) is 6.07 Å². The average Bonchev–Trinajstić information content (AvgIpc) is 2.28. The van der Waals surface area contributed by atoms with Gasteiger partial charge in [-0.1, -0.05) is 39.8 Å². The number of carbonyl (C=O) groups is 1. The quantitative estimate of drug-likeness (QED) is 0.819. The third kappa shape index (κ3) is 4.17. The third-order valence-electron chi connectivity index (χ3n) is 3.62. The van der Waals surface area contributed by atoms with Crippen molar-refractivity contribution in [2.75, 3.05) is 0 Å². The molecule has 0 aliphatic rings. The molecular formula is C16H20FNO. The monoisotopic (exact) mass is 261 g/mol. The van der Waals surface area contributed by atoms with E-state index in [0.29, 0.717) is 12.0 Å². The maximum atomic E-state index is 13.2. The first-order valence-corrected chi connectivity index (χ1v) is 6.43. The molecule has 0 aromatic heterocycles. The van der Waals surface area contributed by atoms with Crippen LogP contribution in [0.5, 0.6) is 0 Å². The van der Waals surface area contributed by atoms with Crippen molar-refractivity contribution in [3.63, 3.8) is 0 Å². The van der Waals surface area contributed by atoms with Gasteiger partial charge in [0.1, 0.15) is 11.7 Å². The number of hydrogen-bond acceptors (Lipinski definition) is 2. The summed E-state index contributed by atoms with van der Waals surface area (Å²) in [6, 6.07) is 7.69. The fraction of sp³-hybridized carbons (Fsp3) is 0.500. The fourth-order valence-electron chi connectivity index (χ4n) is 1.74. The summed E-state index contributed by atoms with van der Waals surface area (Å²) in [4.78, 5) is 12.2. The van der Waals surface area contributed by atoms with Gasteiger partial charge in [-0.2, -0.15) is 5.26 Å². The Morgan fingerprint density at radius 2 is 2.05 bits per heavy atom. The van der Waals surface area contributed by atoms with Crippen molar-refractivity contribution in [1.82, 2.24) is 0 Å². The first-order valence-electron chi connectivity index (χ1n) is 6.43. The van der Waals surface area contributed by atoms with Crippen LogP contribution in [0.25, 0.3) is 0 Å². The standard InChI is InChI=1S/C16H20FNO/c1-11(16(2,3)4)8-15(19)14(10-18)12-6-5-7-13(17)9-12/h5-7,9,11,14H,8H2,1-4H3. The summed E-state index contributed by atoms with van der Waals surface area (Å²) in [5, 5.41) is 9.16. The molecule has 1 aromatic rings. The summed E-state index contributed by atoms with van der Waals surface area (Å²) >= 11 is 0. The smallest absolute Gasteiger partial charge is 0.154 e. The summed E-state index contributed by atoms with van der Waals surface area (Å²) < 4.78 is 13.2. The molecule has 0 radical (unpaired) electrons. The number of hydrogen-bond donors (Lipinski definition) is 0. The van der Waals surface area contributed by atoms with Crippen molar-refractivity contribution in [2.24, 2.45) is 11.3 Å². The van der Waals surface area contributed by atoms with Gasteiger partial charge in [0.25, 0.3) is 0 Å². The lowest BCUT2D eigenvalue weighted by molar-refractivity contribution is -0.120. The van der Waals surface area contributed by atoms with Crippen molar-refractivity contribution < 1.29 is 9.18 Å². The molecule has 0 spiro atoms. The van der Waals surface area contributed by atoms with E-state index in [1.54, 1.807) is 6.07 Å². The van der Waals surface area contributed by atoms with Gasteiger partial charge in [0.2, 0.25) is 0 Å². The van der Waals surface area contributed by atoms with E-state index in [4.69, 9.17) is 5.26 Å². The molecule has 1 aromatic carbocycles. The Morgan fingerprint density at radius 1 is 1.42 bits per heavy atom. The molecule has 3 heteroatoms. The van der Waals surface area contributed by atoms with Crippen LogP contribution in [0.2, 0.25) is 0 Å². The topological polar surface area (TPSA) is 40.9 Å². The normalized spacial score (nSPS) is 14.5. The van der Waals surface area contributed by atoms with Crippen molar-refractivity contribution in [3.8, 4) is 6.07 Å². The van der Waals surface area contributed by atoms with Crippen LogP contribution in [0.3, 0.4) is 0 Å². The molecule has 0 bridgehead atoms. The largest absolute Gasteiger partial charge is 0.298 e. The first kappa shape index (κ1) is 15.4. The summed E-state index contributed by atoms with van der Waals surface area (Å²) in [6.45, 7) is 8.19. The lowest BCUT2D eigenvalue weighted by Crippen LogP contribution is -2.23. The summed E-state index contributed by atoms with van der Waals surface area (Å²) in [7, 11) is 0. The minimum absolute atomic E-state index is 0.0115. The number of rotatable bonds is 4. The van der Waals surface area contributed by atoms with E-state index in [1.165, 1.54) is 18.2 Å². The number of benzene rings is 1. The molecule has 0 saturated heterocycles. The predicted molar refractivity (Wildman–Crippen MR) is 73.0 cm³/mol. The van der Waals surface area contributed by atoms with Gasteiger partial charge in [-0.3, -0.25) is 4.79 Å². The van der Waals surface area contributed by atoms with Gasteiger partial charge in [-0.25, -0.2) is 4.39 Å². The SMILES string of the molecule is CC(CC(=O)C(C#N)c1cccc(F)c1)C(C)(C)C. The zero-order chi connectivity index (χ0) is 14.6. The van der Waals surface area contributed by atoms with E-state index >= 15 is 0 Å². The van der Waals surface area contributed by atoms with Crippen LogP contribution in [0.4, 0.5) is 4.39 Å². The van der Waals surface area contributed by atoms with Crippen molar-refractivity contribution in [1.29, 1.82) is 5.26 Å². The maximum Gasteiger partial charge on any atom is 0.154 e. The van der Waals surface area contributed by atoms with E-state index in [-0.39, 0.29) is 17.1 Å². The van der Waals surface area contributed by atoms with Gasteiger partial charge in [0, 0.05) is 6.42 Å². The lowest BCUT2D eigenvalue weighted by atomic mass is 9.77. The van der Waals surface area contributed by atoms with Gasteiger partial charge in [0.15, 0.2) is 5.78 Å². The van der Waals surface area contributed by atoms with Gasteiger partial charge in [-0.05, 0) is 29.0 Å². The highest BCUT2D eigenvalue weighted by Crippen LogP contribution is 2.30.